The third-order valence-electron chi connectivity index (χ3n) is 12.0. The van der Waals surface area contributed by atoms with E-state index in [9.17, 15) is 15.3 Å². The monoisotopic (exact) mass is 458 g/mol. The summed E-state index contributed by atoms with van der Waals surface area (Å²) in [5.74, 6) is 1.36. The molecule has 0 amide bonds. The van der Waals surface area contributed by atoms with Gasteiger partial charge in [-0.2, -0.15) is 0 Å². The fourth-order valence-electron chi connectivity index (χ4n) is 9.43. The molecule has 188 valence electrons. The molecule has 0 spiro atoms. The van der Waals surface area contributed by atoms with Crippen LogP contribution in [-0.4, -0.2) is 34.1 Å². The Balaban J connectivity index is 1.64. The Morgan fingerprint density at radius 3 is 2.36 bits per heavy atom. The molecular formula is C30H50O3. The molecule has 0 aromatic carbocycles. The van der Waals surface area contributed by atoms with Crippen LogP contribution < -0.4 is 0 Å². The van der Waals surface area contributed by atoms with Crippen molar-refractivity contribution in [1.82, 2.24) is 0 Å². The van der Waals surface area contributed by atoms with Crippen molar-refractivity contribution in [3.63, 3.8) is 0 Å². The van der Waals surface area contributed by atoms with Crippen LogP contribution in [0.4, 0.5) is 0 Å². The van der Waals surface area contributed by atoms with E-state index < -0.39 is 0 Å². The number of hydrogen-bond donors (Lipinski definition) is 3. The number of fused-ring (bicyclic) bond motifs is 4. The van der Waals surface area contributed by atoms with Gasteiger partial charge in [0, 0.05) is 0 Å². The number of allylic oxidation sites excluding steroid dienone is 2. The second-order valence-corrected chi connectivity index (χ2v) is 13.6. The first kappa shape index (κ1) is 25.5. The summed E-state index contributed by atoms with van der Waals surface area (Å²) in [4.78, 5) is 0. The smallest absolute Gasteiger partial charge is 0.0639 e. The Morgan fingerprint density at radius 2 is 1.70 bits per heavy atom. The van der Waals surface area contributed by atoms with Crippen molar-refractivity contribution in [2.45, 2.75) is 118 Å². The van der Waals surface area contributed by atoms with Gasteiger partial charge >= 0.3 is 0 Å². The van der Waals surface area contributed by atoms with Crippen molar-refractivity contribution in [2.75, 3.05) is 6.61 Å². The van der Waals surface area contributed by atoms with Gasteiger partial charge in [0.05, 0.1) is 18.8 Å². The third-order valence-corrected chi connectivity index (χ3v) is 12.0. The summed E-state index contributed by atoms with van der Waals surface area (Å²) in [6.45, 7) is 16.5. The van der Waals surface area contributed by atoms with Gasteiger partial charge in [-0.3, -0.25) is 0 Å². The predicted molar refractivity (Wildman–Crippen MR) is 136 cm³/mol. The fourth-order valence-corrected chi connectivity index (χ4v) is 9.43. The molecule has 0 bridgehead atoms. The first-order valence-electron chi connectivity index (χ1n) is 13.7. The minimum absolute atomic E-state index is 0.00968. The highest BCUT2D eigenvalue weighted by atomic mass is 16.3. The van der Waals surface area contributed by atoms with E-state index in [1.54, 1.807) is 11.1 Å². The van der Waals surface area contributed by atoms with Crippen molar-refractivity contribution in [2.24, 2.45) is 39.4 Å². The molecule has 0 aliphatic heterocycles. The van der Waals surface area contributed by atoms with Crippen LogP contribution >= 0.6 is 0 Å². The van der Waals surface area contributed by atoms with Crippen molar-refractivity contribution in [3.05, 3.63) is 22.8 Å². The average molecular weight is 459 g/mol. The van der Waals surface area contributed by atoms with E-state index >= 15 is 0 Å². The Bertz CT molecular complexity index is 824. The fraction of sp³-hybridized carbons (Fsp3) is 0.867. The lowest BCUT2D eigenvalue weighted by molar-refractivity contribution is -0.0969. The lowest BCUT2D eigenvalue weighted by Crippen LogP contribution is -2.55. The van der Waals surface area contributed by atoms with Crippen molar-refractivity contribution < 1.29 is 15.3 Å². The van der Waals surface area contributed by atoms with Crippen molar-refractivity contribution in [3.8, 4) is 0 Å². The summed E-state index contributed by atoms with van der Waals surface area (Å²) in [5, 5.41) is 31.2. The molecule has 0 saturated heterocycles. The molecule has 4 rings (SSSR count). The van der Waals surface area contributed by atoms with E-state index in [0.717, 1.165) is 18.4 Å². The van der Waals surface area contributed by atoms with Crippen molar-refractivity contribution in [1.29, 1.82) is 0 Å². The average Bonchev–Trinajstić information content (AvgIpc) is 3.05. The molecule has 4 aliphatic carbocycles. The van der Waals surface area contributed by atoms with Crippen LogP contribution in [-0.2, 0) is 0 Å². The zero-order valence-electron chi connectivity index (χ0n) is 22.4. The summed E-state index contributed by atoms with van der Waals surface area (Å²) in [7, 11) is 0. The van der Waals surface area contributed by atoms with Gasteiger partial charge in [0.25, 0.3) is 0 Å². The Kier molecular flexibility index (Phi) is 6.55. The summed E-state index contributed by atoms with van der Waals surface area (Å²) < 4.78 is 0. The van der Waals surface area contributed by atoms with Crippen LogP contribution in [0.2, 0.25) is 0 Å². The molecule has 0 heterocycles. The van der Waals surface area contributed by atoms with Gasteiger partial charge in [0.2, 0.25) is 0 Å². The molecule has 3 N–H and O–H groups in total. The van der Waals surface area contributed by atoms with Crippen LogP contribution in [0.25, 0.3) is 0 Å². The van der Waals surface area contributed by atoms with Crippen LogP contribution in [0.15, 0.2) is 22.8 Å². The topological polar surface area (TPSA) is 60.7 Å². The molecule has 2 saturated carbocycles. The molecule has 2 unspecified atom stereocenters. The molecule has 3 heteroatoms. The zero-order valence-corrected chi connectivity index (χ0v) is 22.4. The van der Waals surface area contributed by atoms with E-state index in [1.165, 1.54) is 38.5 Å². The van der Waals surface area contributed by atoms with Gasteiger partial charge in [0.1, 0.15) is 0 Å². The van der Waals surface area contributed by atoms with Gasteiger partial charge in [-0.15, -0.1) is 0 Å². The van der Waals surface area contributed by atoms with Crippen molar-refractivity contribution >= 4 is 0 Å². The quantitative estimate of drug-likeness (QED) is 0.416. The number of aliphatic hydroxyl groups excluding tert-OH is 3. The predicted octanol–water partition coefficient (Wildman–Crippen LogP) is 6.42. The number of rotatable bonds is 5. The second kappa shape index (κ2) is 8.49. The van der Waals surface area contributed by atoms with Crippen LogP contribution in [0.3, 0.4) is 0 Å². The minimum atomic E-state index is -0.347. The molecule has 4 aliphatic rings. The first-order chi connectivity index (χ1) is 15.3. The standard InChI is InChI=1S/C30H50O3/c1-19(18-31)8-10-24(32)20(2)21-12-16-30(7)23-9-11-25-27(3,4)26(33)14-15-28(25,5)22(23)13-17-29(21,30)6/h8,20-21,24-26,31-33H,9-18H2,1-7H3/b19-8+/t20-,21+,24?,25?,26-,28+,29+,30-/m0/s1. The summed E-state index contributed by atoms with van der Waals surface area (Å²) in [6, 6.07) is 0. The first-order valence-corrected chi connectivity index (χ1v) is 13.7. The maximum absolute atomic E-state index is 11.1. The lowest BCUT2D eigenvalue weighted by atomic mass is 9.43. The van der Waals surface area contributed by atoms with E-state index in [0.29, 0.717) is 18.3 Å². The van der Waals surface area contributed by atoms with Gasteiger partial charge in [-0.25, -0.2) is 0 Å². The van der Waals surface area contributed by atoms with E-state index in [2.05, 4.69) is 41.5 Å². The molecule has 0 aromatic rings. The highest BCUT2D eigenvalue weighted by Gasteiger charge is 2.63. The third kappa shape index (κ3) is 3.62. The summed E-state index contributed by atoms with van der Waals surface area (Å²) in [6.07, 6.45) is 11.5. The number of aliphatic hydroxyl groups is 3. The molecule has 2 fully saturated rings. The van der Waals surface area contributed by atoms with E-state index in [4.69, 9.17) is 0 Å². The summed E-state index contributed by atoms with van der Waals surface area (Å²) >= 11 is 0. The molecule has 33 heavy (non-hydrogen) atoms. The Hall–Kier alpha value is -0.640. The Labute approximate surface area is 202 Å². The highest BCUT2D eigenvalue weighted by molar-refractivity contribution is 5.38. The Morgan fingerprint density at radius 1 is 1.00 bits per heavy atom. The maximum Gasteiger partial charge on any atom is 0.0639 e. The van der Waals surface area contributed by atoms with Crippen LogP contribution in [0.1, 0.15) is 106 Å². The molecule has 3 nitrogen and oxygen atoms in total. The lowest BCUT2D eigenvalue weighted by Gasteiger charge is -2.62. The highest BCUT2D eigenvalue weighted by Crippen LogP contribution is 2.72. The SMILES string of the molecule is C/C(=C\CC(O)[C@@H](C)[C@H]1CC[C@@]2(C)C3=C(CC[C@]12C)[C@@]1(C)CC[C@H](O)C(C)(C)C1CC3)CO. The van der Waals surface area contributed by atoms with Gasteiger partial charge in [0.15, 0.2) is 0 Å². The van der Waals surface area contributed by atoms with E-state index in [1.807, 2.05) is 13.0 Å². The molecule has 0 aromatic heterocycles. The summed E-state index contributed by atoms with van der Waals surface area (Å²) in [5.41, 5.74) is 5.15. The second-order valence-electron chi connectivity index (χ2n) is 13.6. The van der Waals surface area contributed by atoms with Gasteiger partial charge in [-0.05, 0) is 104 Å². The van der Waals surface area contributed by atoms with Crippen LogP contribution in [0.5, 0.6) is 0 Å². The molecule has 0 radical (unpaired) electrons. The van der Waals surface area contributed by atoms with E-state index in [-0.39, 0.29) is 46.4 Å². The number of hydrogen-bond acceptors (Lipinski definition) is 3. The normalized spacial score (nSPS) is 44.7. The molecule has 8 atom stereocenters. The largest absolute Gasteiger partial charge is 0.393 e. The maximum atomic E-state index is 11.1. The molecular weight excluding hydrogens is 408 g/mol. The van der Waals surface area contributed by atoms with Gasteiger partial charge < -0.3 is 15.3 Å². The minimum Gasteiger partial charge on any atom is -0.393 e. The van der Waals surface area contributed by atoms with Crippen LogP contribution in [0, 0.1) is 39.4 Å². The van der Waals surface area contributed by atoms with Gasteiger partial charge in [-0.1, -0.05) is 64.3 Å². The zero-order chi connectivity index (χ0) is 24.4.